The van der Waals surface area contributed by atoms with Gasteiger partial charge in [-0.05, 0) is 25.0 Å². The van der Waals surface area contributed by atoms with E-state index in [-0.39, 0.29) is 11.3 Å². The lowest BCUT2D eigenvalue weighted by molar-refractivity contribution is -0.123. The molecule has 0 radical (unpaired) electrons. The number of nitrogens with two attached hydrogens (primary N) is 1. The Hall–Kier alpha value is -2.15. The van der Waals surface area contributed by atoms with Crippen LogP contribution in [0.15, 0.2) is 12.1 Å². The van der Waals surface area contributed by atoms with Crippen molar-refractivity contribution >= 4 is 23.2 Å². The standard InChI is InChI=1S/C13H14FN3O3/c14-7-4-6-8(16-13(20)11(6)18)5-10(7)17-3-1-2-9(17)12(15)19/h4-5,9,11,18H,1-3H2,(H2,15,19)(H,16,20). The van der Waals surface area contributed by atoms with Crippen molar-refractivity contribution in [2.75, 3.05) is 16.8 Å². The molecule has 106 valence electrons. The molecule has 0 aliphatic carbocycles. The predicted octanol–water partition coefficient (Wildman–Crippen LogP) is 0.265. The SMILES string of the molecule is NC(=O)C1CCCN1c1cc2c(cc1F)C(O)C(=O)N2. The summed E-state index contributed by atoms with van der Waals surface area (Å²) in [6.45, 7) is 0.528. The minimum Gasteiger partial charge on any atom is -0.378 e. The van der Waals surface area contributed by atoms with E-state index in [1.54, 1.807) is 4.90 Å². The van der Waals surface area contributed by atoms with Crippen LogP contribution >= 0.6 is 0 Å². The maximum absolute atomic E-state index is 14.2. The Morgan fingerprint density at radius 1 is 1.50 bits per heavy atom. The third-order valence-corrected chi connectivity index (χ3v) is 3.81. The second kappa shape index (κ2) is 4.45. The van der Waals surface area contributed by atoms with Gasteiger partial charge in [-0.25, -0.2) is 4.39 Å². The number of benzene rings is 1. The summed E-state index contributed by atoms with van der Waals surface area (Å²) in [7, 11) is 0. The van der Waals surface area contributed by atoms with Crippen LogP contribution in [0.25, 0.3) is 0 Å². The minimum atomic E-state index is -1.35. The normalized spacial score (nSPS) is 24.7. The average molecular weight is 279 g/mol. The molecule has 4 N–H and O–H groups in total. The Morgan fingerprint density at radius 2 is 2.25 bits per heavy atom. The lowest BCUT2D eigenvalue weighted by Gasteiger charge is -2.25. The molecule has 2 amide bonds. The summed E-state index contributed by atoms with van der Waals surface area (Å²) < 4.78 is 14.2. The van der Waals surface area contributed by atoms with Gasteiger partial charge in [0.2, 0.25) is 5.91 Å². The lowest BCUT2D eigenvalue weighted by atomic mass is 10.1. The van der Waals surface area contributed by atoms with Crippen LogP contribution in [0, 0.1) is 5.82 Å². The van der Waals surface area contributed by atoms with E-state index >= 15 is 0 Å². The third-order valence-electron chi connectivity index (χ3n) is 3.81. The van der Waals surface area contributed by atoms with Crippen molar-refractivity contribution < 1.29 is 19.1 Å². The summed E-state index contributed by atoms with van der Waals surface area (Å²) in [5, 5.41) is 12.1. The molecule has 1 aromatic carbocycles. The summed E-state index contributed by atoms with van der Waals surface area (Å²) in [5.74, 6) is -1.65. The maximum Gasteiger partial charge on any atom is 0.257 e. The largest absolute Gasteiger partial charge is 0.378 e. The minimum absolute atomic E-state index is 0.214. The van der Waals surface area contributed by atoms with Gasteiger partial charge in [-0.15, -0.1) is 0 Å². The Morgan fingerprint density at radius 3 is 2.95 bits per heavy atom. The number of aliphatic hydroxyl groups excluding tert-OH is 1. The van der Waals surface area contributed by atoms with Gasteiger partial charge in [-0.3, -0.25) is 9.59 Å². The van der Waals surface area contributed by atoms with Gasteiger partial charge < -0.3 is 21.1 Å². The summed E-state index contributed by atoms with van der Waals surface area (Å²) >= 11 is 0. The van der Waals surface area contributed by atoms with Crippen molar-refractivity contribution in [2.45, 2.75) is 25.0 Å². The smallest absolute Gasteiger partial charge is 0.257 e. The molecule has 2 unspecified atom stereocenters. The van der Waals surface area contributed by atoms with Crippen LogP contribution in [0.4, 0.5) is 15.8 Å². The van der Waals surface area contributed by atoms with Crippen LogP contribution in [0.3, 0.4) is 0 Å². The molecule has 2 aliphatic rings. The Kier molecular flexibility index (Phi) is 2.86. The number of amides is 2. The first-order chi connectivity index (χ1) is 9.49. The number of rotatable bonds is 2. The molecule has 2 aliphatic heterocycles. The molecule has 20 heavy (non-hydrogen) atoms. The molecule has 2 atom stereocenters. The summed E-state index contributed by atoms with van der Waals surface area (Å²) in [4.78, 5) is 24.4. The van der Waals surface area contributed by atoms with Crippen LogP contribution < -0.4 is 16.0 Å². The van der Waals surface area contributed by atoms with Crippen molar-refractivity contribution in [1.29, 1.82) is 0 Å². The first-order valence-electron chi connectivity index (χ1n) is 6.37. The van der Waals surface area contributed by atoms with Gasteiger partial charge in [-0.2, -0.15) is 0 Å². The van der Waals surface area contributed by atoms with Gasteiger partial charge in [0.15, 0.2) is 6.10 Å². The van der Waals surface area contributed by atoms with E-state index in [4.69, 9.17) is 5.73 Å². The maximum atomic E-state index is 14.2. The predicted molar refractivity (Wildman–Crippen MR) is 69.6 cm³/mol. The molecule has 0 spiro atoms. The molecule has 0 aromatic heterocycles. The first kappa shape index (κ1) is 12.9. The molecular formula is C13H14FN3O3. The van der Waals surface area contributed by atoms with Gasteiger partial charge in [0, 0.05) is 17.8 Å². The molecule has 3 rings (SSSR count). The molecule has 1 aromatic rings. The highest BCUT2D eigenvalue weighted by Crippen LogP contribution is 2.37. The lowest BCUT2D eigenvalue weighted by Crippen LogP contribution is -2.40. The number of carbonyl (C=O) groups is 2. The van der Waals surface area contributed by atoms with Crippen LogP contribution in [0.5, 0.6) is 0 Å². The molecule has 2 heterocycles. The first-order valence-corrected chi connectivity index (χ1v) is 6.37. The van der Waals surface area contributed by atoms with Crippen LogP contribution in [-0.2, 0) is 9.59 Å². The van der Waals surface area contributed by atoms with Crippen molar-refractivity contribution in [2.24, 2.45) is 5.73 Å². The quantitative estimate of drug-likeness (QED) is 0.724. The molecule has 1 fully saturated rings. The molecule has 6 nitrogen and oxygen atoms in total. The van der Waals surface area contributed by atoms with Crippen molar-refractivity contribution in [3.63, 3.8) is 0 Å². The second-order valence-electron chi connectivity index (χ2n) is 5.04. The van der Waals surface area contributed by atoms with Gasteiger partial charge in [0.05, 0.1) is 5.69 Å². The highest BCUT2D eigenvalue weighted by atomic mass is 19.1. The Balaban J connectivity index is 2.02. The van der Waals surface area contributed by atoms with E-state index in [1.807, 2.05) is 0 Å². The zero-order valence-corrected chi connectivity index (χ0v) is 10.6. The number of anilines is 2. The topological polar surface area (TPSA) is 95.7 Å². The van der Waals surface area contributed by atoms with E-state index in [0.29, 0.717) is 18.7 Å². The van der Waals surface area contributed by atoms with Crippen molar-refractivity contribution in [1.82, 2.24) is 0 Å². The van der Waals surface area contributed by atoms with E-state index in [2.05, 4.69) is 5.32 Å². The highest BCUT2D eigenvalue weighted by molar-refractivity contribution is 6.02. The summed E-state index contributed by atoms with van der Waals surface area (Å²) in [5.41, 5.74) is 6.12. The van der Waals surface area contributed by atoms with E-state index in [0.717, 1.165) is 12.5 Å². The van der Waals surface area contributed by atoms with Gasteiger partial charge in [-0.1, -0.05) is 0 Å². The third kappa shape index (κ3) is 1.82. The number of nitrogens with zero attached hydrogens (tertiary/aromatic N) is 1. The second-order valence-corrected chi connectivity index (χ2v) is 5.04. The molecule has 1 saturated heterocycles. The summed E-state index contributed by atoms with van der Waals surface area (Å²) in [6.07, 6.45) is -0.0148. The number of aliphatic hydroxyl groups is 1. The van der Waals surface area contributed by atoms with E-state index < -0.39 is 29.8 Å². The average Bonchev–Trinajstić information content (AvgIpc) is 2.97. The fraction of sp³-hybridized carbons (Fsp3) is 0.385. The molecule has 0 saturated carbocycles. The number of primary amides is 1. The Labute approximate surface area is 114 Å². The highest BCUT2D eigenvalue weighted by Gasteiger charge is 2.34. The number of carbonyl (C=O) groups excluding carboxylic acids is 2. The van der Waals surface area contributed by atoms with Crippen molar-refractivity contribution in [3.05, 3.63) is 23.5 Å². The van der Waals surface area contributed by atoms with Gasteiger partial charge >= 0.3 is 0 Å². The van der Waals surface area contributed by atoms with E-state index in [9.17, 15) is 19.1 Å². The number of nitrogens with one attached hydrogen (secondary N) is 1. The fourth-order valence-corrected chi connectivity index (χ4v) is 2.82. The Bertz CT molecular complexity index is 605. The number of halogens is 1. The van der Waals surface area contributed by atoms with Crippen LogP contribution in [0.2, 0.25) is 0 Å². The van der Waals surface area contributed by atoms with Crippen molar-refractivity contribution in [3.8, 4) is 0 Å². The van der Waals surface area contributed by atoms with Gasteiger partial charge in [0.25, 0.3) is 5.91 Å². The molecule has 0 bridgehead atoms. The number of hydrogen-bond acceptors (Lipinski definition) is 4. The molecule has 7 heteroatoms. The number of fused-ring (bicyclic) bond motifs is 1. The number of hydrogen-bond donors (Lipinski definition) is 3. The fourth-order valence-electron chi connectivity index (χ4n) is 2.82. The van der Waals surface area contributed by atoms with Gasteiger partial charge in [0.1, 0.15) is 11.9 Å². The summed E-state index contributed by atoms with van der Waals surface area (Å²) in [6, 6.07) is 2.04. The monoisotopic (exact) mass is 279 g/mol. The zero-order valence-electron chi connectivity index (χ0n) is 10.6. The van der Waals surface area contributed by atoms with E-state index in [1.165, 1.54) is 6.07 Å². The van der Waals surface area contributed by atoms with Crippen LogP contribution in [-0.4, -0.2) is 29.5 Å². The zero-order chi connectivity index (χ0) is 14.4. The van der Waals surface area contributed by atoms with Crippen LogP contribution in [0.1, 0.15) is 24.5 Å². The molecular weight excluding hydrogens is 265 g/mol.